The van der Waals surface area contributed by atoms with Gasteiger partial charge in [-0.3, -0.25) is 4.57 Å². The van der Waals surface area contributed by atoms with Gasteiger partial charge in [-0.1, -0.05) is 0 Å². The van der Waals surface area contributed by atoms with Crippen molar-refractivity contribution in [2.45, 2.75) is 32.0 Å². The lowest BCUT2D eigenvalue weighted by Gasteiger charge is -2.25. The van der Waals surface area contributed by atoms with Gasteiger partial charge in [0.2, 0.25) is 5.95 Å². The second-order valence-corrected chi connectivity index (χ2v) is 6.17. The molecule has 9 heteroatoms. The molecule has 1 fully saturated rings. The van der Waals surface area contributed by atoms with Crippen LogP contribution in [0.2, 0.25) is 0 Å². The molecule has 0 aromatic carbocycles. The van der Waals surface area contributed by atoms with Gasteiger partial charge in [0.05, 0.1) is 12.8 Å². The van der Waals surface area contributed by atoms with Crippen molar-refractivity contribution in [2.24, 2.45) is 5.73 Å². The molecule has 26 heavy (non-hydrogen) atoms. The van der Waals surface area contributed by atoms with Crippen LogP contribution in [0.1, 0.15) is 31.3 Å². The predicted octanol–water partition coefficient (Wildman–Crippen LogP) is 2.10. The van der Waals surface area contributed by atoms with E-state index >= 15 is 0 Å². The molecule has 1 saturated heterocycles. The maximum atomic E-state index is 5.97. The summed E-state index contributed by atoms with van der Waals surface area (Å²) in [5, 5.41) is 6.55. The third-order valence-electron chi connectivity index (χ3n) is 4.36. The average molecular weight is 357 g/mol. The second kappa shape index (κ2) is 7.71. The van der Waals surface area contributed by atoms with Gasteiger partial charge >= 0.3 is 0 Å². The predicted molar refractivity (Wildman–Crippen MR) is 97.7 cm³/mol. The second-order valence-electron chi connectivity index (χ2n) is 6.17. The molecule has 4 heterocycles. The highest BCUT2D eigenvalue weighted by molar-refractivity contribution is 5.85. The van der Waals surface area contributed by atoms with Crippen molar-refractivity contribution in [3.8, 4) is 0 Å². The molecule has 0 bridgehead atoms. The van der Waals surface area contributed by atoms with E-state index in [1.165, 1.54) is 0 Å². The number of rotatable bonds is 7. The van der Waals surface area contributed by atoms with E-state index in [0.29, 0.717) is 36.9 Å². The first-order chi connectivity index (χ1) is 12.9. The number of nitrogens with zero attached hydrogens (tertiary/aromatic N) is 4. The Morgan fingerprint density at radius 3 is 3.00 bits per heavy atom. The minimum atomic E-state index is -0.0816. The van der Waals surface area contributed by atoms with E-state index in [1.807, 2.05) is 16.7 Å². The summed E-state index contributed by atoms with van der Waals surface area (Å²) in [5.41, 5.74) is 7.09. The number of imidazole rings is 1. The zero-order valence-electron chi connectivity index (χ0n) is 14.5. The summed E-state index contributed by atoms with van der Waals surface area (Å²) in [4.78, 5) is 13.5. The van der Waals surface area contributed by atoms with Crippen molar-refractivity contribution in [3.05, 3.63) is 30.5 Å². The Morgan fingerprint density at radius 2 is 2.23 bits per heavy atom. The van der Waals surface area contributed by atoms with Crippen LogP contribution in [0.4, 0.5) is 11.8 Å². The van der Waals surface area contributed by atoms with Gasteiger partial charge in [-0.05, 0) is 31.4 Å². The molecule has 0 radical (unpaired) electrons. The van der Waals surface area contributed by atoms with Crippen molar-refractivity contribution in [2.75, 3.05) is 30.3 Å². The largest absolute Gasteiger partial charge is 0.467 e. The Morgan fingerprint density at radius 1 is 1.27 bits per heavy atom. The van der Waals surface area contributed by atoms with Crippen LogP contribution < -0.4 is 16.4 Å². The molecule has 1 aliphatic heterocycles. The zero-order chi connectivity index (χ0) is 17.8. The Bertz CT molecular complexity index is 840. The van der Waals surface area contributed by atoms with Crippen LogP contribution in [0.25, 0.3) is 11.2 Å². The number of fused-ring (bicyclic) bond motifs is 1. The summed E-state index contributed by atoms with van der Waals surface area (Å²) in [6.45, 7) is 2.41. The smallest absolute Gasteiger partial charge is 0.207 e. The molecule has 3 aromatic rings. The molecule has 0 spiro atoms. The molecule has 1 unspecified atom stereocenters. The normalized spacial score (nSPS) is 17.5. The Balaban J connectivity index is 1.69. The number of furan rings is 1. The van der Waals surface area contributed by atoms with Gasteiger partial charge in [0.15, 0.2) is 17.0 Å². The molecule has 4 N–H and O–H groups in total. The van der Waals surface area contributed by atoms with Crippen molar-refractivity contribution in [1.82, 2.24) is 19.5 Å². The monoisotopic (exact) mass is 357 g/mol. The van der Waals surface area contributed by atoms with Crippen molar-refractivity contribution in [3.63, 3.8) is 0 Å². The molecule has 4 rings (SSSR count). The fourth-order valence-corrected chi connectivity index (χ4v) is 3.13. The van der Waals surface area contributed by atoms with Gasteiger partial charge in [-0.2, -0.15) is 0 Å². The van der Waals surface area contributed by atoms with Gasteiger partial charge in [0.25, 0.3) is 0 Å². The molecule has 0 amide bonds. The lowest BCUT2D eigenvalue weighted by Crippen LogP contribution is -2.22. The van der Waals surface area contributed by atoms with Gasteiger partial charge in [0, 0.05) is 19.7 Å². The van der Waals surface area contributed by atoms with E-state index in [4.69, 9.17) is 19.9 Å². The first kappa shape index (κ1) is 16.8. The van der Waals surface area contributed by atoms with E-state index in [-0.39, 0.29) is 6.23 Å². The summed E-state index contributed by atoms with van der Waals surface area (Å²) in [6.07, 6.45) is 6.25. The van der Waals surface area contributed by atoms with Crippen LogP contribution in [0, 0.1) is 0 Å². The molecular weight excluding hydrogens is 334 g/mol. The van der Waals surface area contributed by atoms with E-state index in [2.05, 4.69) is 20.6 Å². The molecule has 1 atom stereocenters. The number of aromatic nitrogens is 4. The average Bonchev–Trinajstić information content (AvgIpc) is 3.33. The van der Waals surface area contributed by atoms with Crippen LogP contribution in [0.5, 0.6) is 0 Å². The summed E-state index contributed by atoms with van der Waals surface area (Å²) in [7, 11) is 0. The molecule has 1 aliphatic rings. The van der Waals surface area contributed by atoms with Crippen LogP contribution in [0.3, 0.4) is 0 Å². The molecular formula is C17H23N7O2. The molecule has 9 nitrogen and oxygen atoms in total. The molecule has 138 valence electrons. The lowest BCUT2D eigenvalue weighted by atomic mass is 10.2. The fraction of sp³-hybridized carbons (Fsp3) is 0.471. The standard InChI is InChI=1S/C17H23N7O2/c18-6-7-19-17-23-14-15(20-10-12-4-3-9-25-12)21-11-22-16(14)24(17)13-5-1-2-8-26-13/h3-4,9,11,13H,1-2,5-8,10,18H2,(H,19,23)(H,20,21,22). The van der Waals surface area contributed by atoms with Crippen molar-refractivity contribution < 1.29 is 9.15 Å². The Labute approximate surface area is 151 Å². The highest BCUT2D eigenvalue weighted by atomic mass is 16.5. The van der Waals surface area contributed by atoms with Crippen molar-refractivity contribution >= 4 is 22.9 Å². The first-order valence-corrected chi connectivity index (χ1v) is 8.91. The quantitative estimate of drug-likeness (QED) is 0.589. The summed E-state index contributed by atoms with van der Waals surface area (Å²) in [6, 6.07) is 3.77. The first-order valence-electron chi connectivity index (χ1n) is 8.91. The minimum absolute atomic E-state index is 0.0816. The fourth-order valence-electron chi connectivity index (χ4n) is 3.13. The summed E-state index contributed by atoms with van der Waals surface area (Å²) < 4.78 is 13.4. The molecule has 0 aliphatic carbocycles. The molecule has 3 aromatic heterocycles. The maximum absolute atomic E-state index is 5.97. The van der Waals surface area contributed by atoms with E-state index < -0.39 is 0 Å². The number of hydrogen-bond donors (Lipinski definition) is 3. The number of hydrogen-bond acceptors (Lipinski definition) is 8. The Hall–Kier alpha value is -2.65. The van der Waals surface area contributed by atoms with Crippen LogP contribution in [0.15, 0.2) is 29.1 Å². The number of anilines is 2. The van der Waals surface area contributed by atoms with Gasteiger partial charge in [-0.15, -0.1) is 0 Å². The number of nitrogens with two attached hydrogens (primary N) is 1. The molecule has 0 saturated carbocycles. The van der Waals surface area contributed by atoms with E-state index in [0.717, 1.165) is 37.3 Å². The van der Waals surface area contributed by atoms with Gasteiger partial charge in [-0.25, -0.2) is 15.0 Å². The maximum Gasteiger partial charge on any atom is 0.207 e. The highest BCUT2D eigenvalue weighted by Crippen LogP contribution is 2.31. The van der Waals surface area contributed by atoms with Crippen LogP contribution >= 0.6 is 0 Å². The topological polar surface area (TPSA) is 116 Å². The van der Waals surface area contributed by atoms with Crippen LogP contribution in [-0.4, -0.2) is 39.2 Å². The lowest BCUT2D eigenvalue weighted by molar-refractivity contribution is -0.0285. The van der Waals surface area contributed by atoms with Crippen molar-refractivity contribution in [1.29, 1.82) is 0 Å². The van der Waals surface area contributed by atoms with Gasteiger partial charge < -0.3 is 25.5 Å². The Kier molecular flexibility index (Phi) is 4.98. The zero-order valence-corrected chi connectivity index (χ0v) is 14.5. The number of nitrogens with one attached hydrogen (secondary N) is 2. The third kappa shape index (κ3) is 3.35. The summed E-state index contributed by atoms with van der Waals surface area (Å²) in [5.74, 6) is 2.20. The summed E-state index contributed by atoms with van der Waals surface area (Å²) >= 11 is 0. The van der Waals surface area contributed by atoms with E-state index in [1.54, 1.807) is 12.6 Å². The minimum Gasteiger partial charge on any atom is -0.467 e. The van der Waals surface area contributed by atoms with Gasteiger partial charge in [0.1, 0.15) is 18.3 Å². The number of ether oxygens (including phenoxy) is 1. The SMILES string of the molecule is NCCNc1nc2c(NCc3ccco3)ncnc2n1C1CCCCO1. The highest BCUT2D eigenvalue weighted by Gasteiger charge is 2.24. The van der Waals surface area contributed by atoms with Crippen LogP contribution in [-0.2, 0) is 11.3 Å². The van der Waals surface area contributed by atoms with E-state index in [9.17, 15) is 0 Å². The third-order valence-corrected chi connectivity index (χ3v) is 4.36.